The molecule has 5 heteroatoms. The van der Waals surface area contributed by atoms with Gasteiger partial charge in [0.25, 0.3) is 0 Å². The number of thioether (sulfide) groups is 1. The number of rotatable bonds is 5. The first-order chi connectivity index (χ1) is 10.1. The van der Waals surface area contributed by atoms with E-state index in [4.69, 9.17) is 5.11 Å². The molecular formula is C16H27NO3S. The molecule has 2 atom stereocenters. The fourth-order valence-electron chi connectivity index (χ4n) is 3.62. The number of carbonyl (C=O) groups excluding carboxylic acids is 1. The van der Waals surface area contributed by atoms with Crippen molar-refractivity contribution in [3.63, 3.8) is 0 Å². The van der Waals surface area contributed by atoms with Gasteiger partial charge in [-0.1, -0.05) is 39.0 Å². The number of hydrogen-bond acceptors (Lipinski definition) is 3. The Morgan fingerprint density at radius 2 is 2.00 bits per heavy atom. The molecule has 1 saturated carbocycles. The third-order valence-corrected chi connectivity index (χ3v) is 5.85. The lowest BCUT2D eigenvalue weighted by Crippen LogP contribution is -2.49. The van der Waals surface area contributed by atoms with Gasteiger partial charge < -0.3 is 10.0 Å². The second-order valence-electron chi connectivity index (χ2n) is 6.50. The highest BCUT2D eigenvalue weighted by atomic mass is 32.2. The van der Waals surface area contributed by atoms with Gasteiger partial charge >= 0.3 is 5.97 Å². The van der Waals surface area contributed by atoms with Crippen LogP contribution in [-0.2, 0) is 9.59 Å². The minimum absolute atomic E-state index is 0.0347. The van der Waals surface area contributed by atoms with Gasteiger partial charge in [0.05, 0.1) is 12.5 Å². The van der Waals surface area contributed by atoms with Gasteiger partial charge in [-0.3, -0.25) is 9.59 Å². The summed E-state index contributed by atoms with van der Waals surface area (Å²) in [4.78, 5) is 25.5. The summed E-state index contributed by atoms with van der Waals surface area (Å²) in [5.74, 6) is 1.78. The summed E-state index contributed by atoms with van der Waals surface area (Å²) < 4.78 is 0. The summed E-state index contributed by atoms with van der Waals surface area (Å²) >= 11 is 1.76. The number of amides is 1. The average Bonchev–Trinajstić information content (AvgIpc) is 2.47. The van der Waals surface area contributed by atoms with Crippen molar-refractivity contribution in [3.8, 4) is 0 Å². The van der Waals surface area contributed by atoms with Gasteiger partial charge in [-0.15, -0.1) is 0 Å². The standard InChI is InChI=1S/C16H27NO3S/c1-12(9-13-5-3-2-4-6-13)16(20)17-7-8-21-11-14(17)10-15(18)19/h12-14H,2-11H2,1H3,(H,18,19). The molecule has 1 aliphatic carbocycles. The fourth-order valence-corrected chi connectivity index (χ4v) is 4.68. The number of aliphatic carboxylic acids is 1. The van der Waals surface area contributed by atoms with E-state index in [9.17, 15) is 9.59 Å². The third kappa shape index (κ3) is 4.90. The second kappa shape index (κ2) is 8.06. The number of carboxylic acids is 1. The molecule has 120 valence electrons. The van der Waals surface area contributed by atoms with Gasteiger partial charge in [0.2, 0.25) is 5.91 Å². The van der Waals surface area contributed by atoms with Crippen LogP contribution in [-0.4, -0.2) is 46.0 Å². The molecule has 2 unspecified atom stereocenters. The molecule has 0 bridgehead atoms. The molecule has 2 aliphatic rings. The largest absolute Gasteiger partial charge is 0.481 e. The smallest absolute Gasteiger partial charge is 0.305 e. The van der Waals surface area contributed by atoms with Gasteiger partial charge in [0, 0.05) is 24.0 Å². The molecule has 0 spiro atoms. The molecule has 2 rings (SSSR count). The van der Waals surface area contributed by atoms with Crippen LogP contribution in [0, 0.1) is 11.8 Å². The summed E-state index contributed by atoms with van der Waals surface area (Å²) in [5, 5.41) is 9.02. The van der Waals surface area contributed by atoms with Crippen LogP contribution in [0.15, 0.2) is 0 Å². The Kier molecular flexibility index (Phi) is 6.40. The molecule has 1 aliphatic heterocycles. The maximum absolute atomic E-state index is 12.7. The minimum atomic E-state index is -0.805. The molecule has 1 saturated heterocycles. The van der Waals surface area contributed by atoms with Gasteiger partial charge in [0.1, 0.15) is 0 Å². The third-order valence-electron chi connectivity index (χ3n) is 4.75. The van der Waals surface area contributed by atoms with E-state index in [1.54, 1.807) is 11.8 Å². The monoisotopic (exact) mass is 313 g/mol. The fraction of sp³-hybridized carbons (Fsp3) is 0.875. The van der Waals surface area contributed by atoms with Gasteiger partial charge in [0.15, 0.2) is 0 Å². The SMILES string of the molecule is CC(CC1CCCCC1)C(=O)N1CCSCC1CC(=O)O. The summed E-state index contributed by atoms with van der Waals surface area (Å²) in [5.41, 5.74) is 0. The minimum Gasteiger partial charge on any atom is -0.481 e. The summed E-state index contributed by atoms with van der Waals surface area (Å²) in [6.07, 6.45) is 7.50. The van der Waals surface area contributed by atoms with E-state index in [2.05, 4.69) is 0 Å². The predicted octanol–water partition coefficient (Wildman–Crippen LogP) is 3.01. The van der Waals surface area contributed by atoms with Crippen molar-refractivity contribution in [2.45, 2.75) is 57.9 Å². The van der Waals surface area contributed by atoms with Gasteiger partial charge in [-0.2, -0.15) is 11.8 Å². The van der Waals surface area contributed by atoms with Crippen molar-refractivity contribution in [2.24, 2.45) is 11.8 Å². The van der Waals surface area contributed by atoms with Crippen molar-refractivity contribution in [3.05, 3.63) is 0 Å². The molecule has 0 aromatic rings. The van der Waals surface area contributed by atoms with Crippen molar-refractivity contribution >= 4 is 23.6 Å². The lowest BCUT2D eigenvalue weighted by Gasteiger charge is -2.37. The highest BCUT2D eigenvalue weighted by Gasteiger charge is 2.32. The van der Waals surface area contributed by atoms with Crippen LogP contribution in [0.25, 0.3) is 0 Å². The Morgan fingerprint density at radius 1 is 1.29 bits per heavy atom. The molecule has 0 radical (unpaired) electrons. The molecular weight excluding hydrogens is 286 g/mol. The molecule has 2 fully saturated rings. The Hall–Kier alpha value is -0.710. The Morgan fingerprint density at radius 3 is 2.67 bits per heavy atom. The van der Waals surface area contributed by atoms with Crippen molar-refractivity contribution in [1.29, 1.82) is 0 Å². The lowest BCUT2D eigenvalue weighted by molar-refractivity contribution is -0.142. The van der Waals surface area contributed by atoms with E-state index < -0.39 is 5.97 Å². The highest BCUT2D eigenvalue weighted by Crippen LogP contribution is 2.30. The van der Waals surface area contributed by atoms with Crippen LogP contribution in [0.4, 0.5) is 0 Å². The van der Waals surface area contributed by atoms with E-state index in [-0.39, 0.29) is 24.3 Å². The molecule has 4 nitrogen and oxygen atoms in total. The van der Waals surface area contributed by atoms with Crippen LogP contribution in [0.5, 0.6) is 0 Å². The zero-order valence-corrected chi connectivity index (χ0v) is 13.7. The summed E-state index contributed by atoms with van der Waals surface area (Å²) in [6, 6.07) is -0.123. The summed E-state index contributed by atoms with van der Waals surface area (Å²) in [6.45, 7) is 2.73. The molecule has 0 aromatic heterocycles. The van der Waals surface area contributed by atoms with Crippen LogP contribution in [0.1, 0.15) is 51.9 Å². The van der Waals surface area contributed by atoms with Crippen LogP contribution in [0.2, 0.25) is 0 Å². The van der Waals surface area contributed by atoms with Crippen molar-refractivity contribution in [2.75, 3.05) is 18.1 Å². The zero-order chi connectivity index (χ0) is 15.2. The topological polar surface area (TPSA) is 57.6 Å². The van der Waals surface area contributed by atoms with Crippen LogP contribution in [0.3, 0.4) is 0 Å². The van der Waals surface area contributed by atoms with Crippen LogP contribution >= 0.6 is 11.8 Å². The van der Waals surface area contributed by atoms with Crippen LogP contribution < -0.4 is 0 Å². The number of carboxylic acid groups (broad SMARTS) is 1. The van der Waals surface area contributed by atoms with Crippen molar-refractivity contribution in [1.82, 2.24) is 4.90 Å². The second-order valence-corrected chi connectivity index (χ2v) is 7.65. The van der Waals surface area contributed by atoms with E-state index in [1.807, 2.05) is 11.8 Å². The predicted molar refractivity (Wildman–Crippen MR) is 85.4 cm³/mol. The molecule has 1 N–H and O–H groups in total. The normalized spacial score (nSPS) is 25.6. The molecule has 1 heterocycles. The Labute approximate surface area is 131 Å². The van der Waals surface area contributed by atoms with Gasteiger partial charge in [-0.25, -0.2) is 0 Å². The van der Waals surface area contributed by atoms with E-state index in [1.165, 1.54) is 32.1 Å². The maximum atomic E-state index is 12.7. The average molecular weight is 313 g/mol. The van der Waals surface area contributed by atoms with E-state index in [0.29, 0.717) is 12.5 Å². The van der Waals surface area contributed by atoms with Crippen molar-refractivity contribution < 1.29 is 14.7 Å². The first kappa shape index (κ1) is 16.7. The molecule has 0 aromatic carbocycles. The first-order valence-corrected chi connectivity index (χ1v) is 9.33. The number of carbonyl (C=O) groups is 2. The van der Waals surface area contributed by atoms with Gasteiger partial charge in [-0.05, 0) is 12.3 Å². The number of hydrogen-bond donors (Lipinski definition) is 1. The van der Waals surface area contributed by atoms with E-state index >= 15 is 0 Å². The molecule has 1 amide bonds. The molecule has 21 heavy (non-hydrogen) atoms. The lowest BCUT2D eigenvalue weighted by atomic mass is 9.83. The Bertz CT molecular complexity index is 369. The maximum Gasteiger partial charge on any atom is 0.305 e. The Balaban J connectivity index is 1.90. The zero-order valence-electron chi connectivity index (χ0n) is 12.9. The summed E-state index contributed by atoms with van der Waals surface area (Å²) in [7, 11) is 0. The first-order valence-electron chi connectivity index (χ1n) is 8.18. The van der Waals surface area contributed by atoms with E-state index in [0.717, 1.165) is 17.9 Å². The number of nitrogens with zero attached hydrogens (tertiary/aromatic N) is 1. The highest BCUT2D eigenvalue weighted by molar-refractivity contribution is 7.99. The quantitative estimate of drug-likeness (QED) is 0.847.